The summed E-state index contributed by atoms with van der Waals surface area (Å²) < 4.78 is 0. The largest absolute Gasteiger partial charge is 0.390 e. The first-order valence-corrected chi connectivity index (χ1v) is 7.36. The van der Waals surface area contributed by atoms with Gasteiger partial charge in [0.1, 0.15) is 5.02 Å². The number of aliphatic hydroxyl groups excluding tert-OH is 1. The van der Waals surface area contributed by atoms with Gasteiger partial charge < -0.3 is 10.4 Å². The monoisotopic (exact) mass is 332 g/mol. The van der Waals surface area contributed by atoms with Gasteiger partial charge in [-0.05, 0) is 23.3 Å². The number of aliphatic hydroxyl groups is 1. The second kappa shape index (κ2) is 5.98. The molecule has 0 radical (unpaired) electrons. The summed E-state index contributed by atoms with van der Waals surface area (Å²) in [6, 6.07) is 10.8. The SMILES string of the molecule is O=C(N[C@H]1c2ccccc2C[C@H]1O)c1ccc([N+](=O)[O-])c(Cl)c1. The molecule has 0 spiro atoms. The minimum Gasteiger partial charge on any atom is -0.390 e. The van der Waals surface area contributed by atoms with Crippen LogP contribution >= 0.6 is 11.6 Å². The zero-order valence-electron chi connectivity index (χ0n) is 11.9. The number of amides is 1. The van der Waals surface area contributed by atoms with E-state index in [9.17, 15) is 20.0 Å². The molecule has 2 aromatic carbocycles. The van der Waals surface area contributed by atoms with Crippen LogP contribution in [0.5, 0.6) is 0 Å². The Morgan fingerprint density at radius 1 is 1.30 bits per heavy atom. The number of carbonyl (C=O) groups excluding carboxylic acids is 1. The standard InChI is InChI=1S/C16H13ClN2O4/c17-12-7-10(5-6-13(12)19(22)23)16(21)18-15-11-4-2-1-3-9(11)8-14(15)20/h1-7,14-15,20H,8H2,(H,18,21)/t14-,15+/m1/s1. The number of halogens is 1. The summed E-state index contributed by atoms with van der Waals surface area (Å²) in [6.45, 7) is 0. The number of hydrogen-bond donors (Lipinski definition) is 2. The van der Waals surface area contributed by atoms with Gasteiger partial charge in [0.25, 0.3) is 11.6 Å². The Bertz CT molecular complexity index is 793. The van der Waals surface area contributed by atoms with Gasteiger partial charge in [0, 0.05) is 18.1 Å². The maximum Gasteiger partial charge on any atom is 0.287 e. The molecule has 2 N–H and O–H groups in total. The number of nitro groups is 1. The highest BCUT2D eigenvalue weighted by molar-refractivity contribution is 6.33. The number of hydrogen-bond acceptors (Lipinski definition) is 4. The van der Waals surface area contributed by atoms with Gasteiger partial charge in [-0.2, -0.15) is 0 Å². The van der Waals surface area contributed by atoms with Gasteiger partial charge in [0.15, 0.2) is 0 Å². The average Bonchev–Trinajstić information content (AvgIpc) is 2.83. The van der Waals surface area contributed by atoms with Crippen LogP contribution in [0.15, 0.2) is 42.5 Å². The fraction of sp³-hybridized carbons (Fsp3) is 0.188. The molecule has 2 atom stereocenters. The predicted molar refractivity (Wildman–Crippen MR) is 84.5 cm³/mol. The summed E-state index contributed by atoms with van der Waals surface area (Å²) in [5.74, 6) is -0.442. The lowest BCUT2D eigenvalue weighted by Gasteiger charge is -2.18. The van der Waals surface area contributed by atoms with Crippen molar-refractivity contribution in [1.29, 1.82) is 0 Å². The maximum atomic E-state index is 12.3. The molecule has 1 aliphatic carbocycles. The van der Waals surface area contributed by atoms with Crippen LogP contribution in [-0.2, 0) is 6.42 Å². The summed E-state index contributed by atoms with van der Waals surface area (Å²) in [5, 5.41) is 23.6. The molecule has 118 valence electrons. The van der Waals surface area contributed by atoms with Crippen molar-refractivity contribution in [2.75, 3.05) is 0 Å². The number of nitro benzene ring substituents is 1. The van der Waals surface area contributed by atoms with Crippen LogP contribution < -0.4 is 5.32 Å². The topological polar surface area (TPSA) is 92.5 Å². The summed E-state index contributed by atoms with van der Waals surface area (Å²) in [5.41, 5.74) is 1.82. The Morgan fingerprint density at radius 2 is 2.04 bits per heavy atom. The molecular weight excluding hydrogens is 320 g/mol. The lowest BCUT2D eigenvalue weighted by Crippen LogP contribution is -2.33. The van der Waals surface area contributed by atoms with Crippen molar-refractivity contribution in [3.8, 4) is 0 Å². The van der Waals surface area contributed by atoms with Crippen LogP contribution in [0.3, 0.4) is 0 Å². The number of rotatable bonds is 3. The van der Waals surface area contributed by atoms with E-state index in [1.807, 2.05) is 24.3 Å². The molecule has 1 aliphatic rings. The molecule has 0 saturated carbocycles. The van der Waals surface area contributed by atoms with Crippen molar-refractivity contribution in [3.63, 3.8) is 0 Å². The summed E-state index contributed by atoms with van der Waals surface area (Å²) in [4.78, 5) is 22.5. The fourth-order valence-corrected chi connectivity index (χ4v) is 3.02. The highest BCUT2D eigenvalue weighted by Gasteiger charge is 2.32. The first-order valence-electron chi connectivity index (χ1n) is 6.98. The molecule has 0 heterocycles. The smallest absolute Gasteiger partial charge is 0.287 e. The average molecular weight is 333 g/mol. The molecule has 6 nitrogen and oxygen atoms in total. The Labute approximate surface area is 136 Å². The quantitative estimate of drug-likeness (QED) is 0.667. The van der Waals surface area contributed by atoms with E-state index in [4.69, 9.17) is 11.6 Å². The van der Waals surface area contributed by atoms with Crippen LogP contribution in [-0.4, -0.2) is 22.0 Å². The van der Waals surface area contributed by atoms with Crippen molar-refractivity contribution < 1.29 is 14.8 Å². The zero-order chi connectivity index (χ0) is 16.6. The highest BCUT2D eigenvalue weighted by atomic mass is 35.5. The molecule has 0 saturated heterocycles. The lowest BCUT2D eigenvalue weighted by atomic mass is 10.1. The van der Waals surface area contributed by atoms with E-state index in [0.717, 1.165) is 11.1 Å². The van der Waals surface area contributed by atoms with E-state index in [0.29, 0.717) is 6.42 Å². The molecule has 7 heteroatoms. The van der Waals surface area contributed by atoms with Crippen LogP contribution in [0.2, 0.25) is 5.02 Å². The molecule has 0 aromatic heterocycles. The van der Waals surface area contributed by atoms with Gasteiger partial charge in [0.05, 0.1) is 17.1 Å². The van der Waals surface area contributed by atoms with E-state index in [1.165, 1.54) is 18.2 Å². The third-order valence-corrected chi connectivity index (χ3v) is 4.20. The third-order valence-electron chi connectivity index (χ3n) is 3.90. The van der Waals surface area contributed by atoms with Crippen molar-refractivity contribution in [2.24, 2.45) is 0 Å². The molecule has 3 rings (SSSR count). The number of nitrogens with zero attached hydrogens (tertiary/aromatic N) is 1. The molecular formula is C16H13ClN2O4. The zero-order valence-corrected chi connectivity index (χ0v) is 12.7. The molecule has 23 heavy (non-hydrogen) atoms. The number of carbonyl (C=O) groups is 1. The number of fused-ring (bicyclic) bond motifs is 1. The summed E-state index contributed by atoms with van der Waals surface area (Å²) in [7, 11) is 0. The second-order valence-electron chi connectivity index (χ2n) is 5.34. The van der Waals surface area contributed by atoms with Crippen LogP contribution in [0.1, 0.15) is 27.5 Å². The van der Waals surface area contributed by atoms with Crippen molar-refractivity contribution in [3.05, 3.63) is 74.3 Å². The van der Waals surface area contributed by atoms with Crippen LogP contribution in [0, 0.1) is 10.1 Å². The van der Waals surface area contributed by atoms with Gasteiger partial charge in [-0.25, -0.2) is 0 Å². The van der Waals surface area contributed by atoms with E-state index < -0.39 is 23.0 Å². The number of benzene rings is 2. The highest BCUT2D eigenvalue weighted by Crippen LogP contribution is 2.32. The Morgan fingerprint density at radius 3 is 2.74 bits per heavy atom. The Balaban J connectivity index is 1.82. The summed E-state index contributed by atoms with van der Waals surface area (Å²) in [6.07, 6.45) is -0.229. The second-order valence-corrected chi connectivity index (χ2v) is 5.75. The lowest BCUT2D eigenvalue weighted by molar-refractivity contribution is -0.384. The minimum atomic E-state index is -0.704. The molecule has 0 aliphatic heterocycles. The molecule has 1 amide bonds. The van der Waals surface area contributed by atoms with Gasteiger partial charge in [-0.1, -0.05) is 35.9 Å². The van der Waals surface area contributed by atoms with E-state index in [2.05, 4.69) is 5.32 Å². The maximum absolute atomic E-state index is 12.3. The van der Waals surface area contributed by atoms with Gasteiger partial charge in [-0.3, -0.25) is 14.9 Å². The fourth-order valence-electron chi connectivity index (χ4n) is 2.77. The van der Waals surface area contributed by atoms with Crippen molar-refractivity contribution in [1.82, 2.24) is 5.32 Å². The third kappa shape index (κ3) is 2.91. The van der Waals surface area contributed by atoms with Gasteiger partial charge >= 0.3 is 0 Å². The molecule has 0 unspecified atom stereocenters. The minimum absolute atomic E-state index is 0.102. The number of nitrogens with one attached hydrogen (secondary N) is 1. The van der Waals surface area contributed by atoms with Gasteiger partial charge in [-0.15, -0.1) is 0 Å². The first-order chi connectivity index (χ1) is 11.0. The van der Waals surface area contributed by atoms with Crippen LogP contribution in [0.25, 0.3) is 0 Å². The Hall–Kier alpha value is -2.44. The van der Waals surface area contributed by atoms with Crippen LogP contribution in [0.4, 0.5) is 5.69 Å². The molecule has 0 fully saturated rings. The normalized spacial score (nSPS) is 19.2. The van der Waals surface area contributed by atoms with E-state index in [1.54, 1.807) is 0 Å². The first kappa shape index (κ1) is 15.5. The van der Waals surface area contributed by atoms with E-state index in [-0.39, 0.29) is 16.3 Å². The van der Waals surface area contributed by atoms with Crippen molar-refractivity contribution >= 4 is 23.2 Å². The van der Waals surface area contributed by atoms with Crippen molar-refractivity contribution in [2.45, 2.75) is 18.6 Å². The summed E-state index contributed by atoms with van der Waals surface area (Å²) >= 11 is 5.82. The molecule has 2 aromatic rings. The molecule has 0 bridgehead atoms. The predicted octanol–water partition coefficient (Wildman–Crippen LogP) is 2.64. The van der Waals surface area contributed by atoms with Gasteiger partial charge in [0.2, 0.25) is 0 Å². The Kier molecular flexibility index (Phi) is 4.02. The van der Waals surface area contributed by atoms with E-state index >= 15 is 0 Å².